The second kappa shape index (κ2) is 9.71. The van der Waals surface area contributed by atoms with Gasteiger partial charge in [0.15, 0.2) is 0 Å². The molecular formula is C22H25N3O3. The van der Waals surface area contributed by atoms with Gasteiger partial charge in [0.25, 0.3) is 0 Å². The lowest BCUT2D eigenvalue weighted by atomic mass is 10.2. The van der Waals surface area contributed by atoms with E-state index in [2.05, 4.69) is 22.2 Å². The zero-order valence-electron chi connectivity index (χ0n) is 16.2. The Balaban J connectivity index is 1.62. The molecule has 2 heterocycles. The van der Waals surface area contributed by atoms with Crippen LogP contribution in [0.15, 0.2) is 54.7 Å². The van der Waals surface area contributed by atoms with E-state index >= 15 is 0 Å². The second-order valence-electron chi connectivity index (χ2n) is 6.41. The van der Waals surface area contributed by atoms with E-state index in [1.165, 1.54) is 0 Å². The molecule has 2 N–H and O–H groups in total. The quantitative estimate of drug-likeness (QED) is 0.575. The minimum Gasteiger partial charge on any atom is -0.506 e. The largest absolute Gasteiger partial charge is 0.506 e. The van der Waals surface area contributed by atoms with Gasteiger partial charge in [-0.3, -0.25) is 4.98 Å². The van der Waals surface area contributed by atoms with Crippen LogP contribution in [-0.4, -0.2) is 21.7 Å². The molecule has 0 aliphatic carbocycles. The average Bonchev–Trinajstić information content (AvgIpc) is 2.71. The summed E-state index contributed by atoms with van der Waals surface area (Å²) in [4.78, 5) is 8.70. The number of aromatic nitrogens is 2. The Morgan fingerprint density at radius 3 is 2.57 bits per heavy atom. The molecule has 0 saturated heterocycles. The van der Waals surface area contributed by atoms with Gasteiger partial charge in [-0.2, -0.15) is 0 Å². The Labute approximate surface area is 165 Å². The van der Waals surface area contributed by atoms with E-state index in [-0.39, 0.29) is 5.75 Å². The van der Waals surface area contributed by atoms with E-state index in [9.17, 15) is 5.11 Å². The molecule has 6 heteroatoms. The molecule has 6 nitrogen and oxygen atoms in total. The van der Waals surface area contributed by atoms with Crippen molar-refractivity contribution in [3.8, 4) is 23.1 Å². The van der Waals surface area contributed by atoms with Crippen molar-refractivity contribution in [2.24, 2.45) is 0 Å². The van der Waals surface area contributed by atoms with Gasteiger partial charge in [0.1, 0.15) is 17.2 Å². The van der Waals surface area contributed by atoms with Crippen molar-refractivity contribution in [3.63, 3.8) is 0 Å². The highest BCUT2D eigenvalue weighted by molar-refractivity contribution is 5.36. The van der Waals surface area contributed by atoms with Gasteiger partial charge in [-0.25, -0.2) is 4.98 Å². The molecule has 0 amide bonds. The molecule has 0 spiro atoms. The van der Waals surface area contributed by atoms with Crippen molar-refractivity contribution >= 4 is 0 Å². The Kier molecular flexibility index (Phi) is 6.81. The van der Waals surface area contributed by atoms with Crippen molar-refractivity contribution in [2.45, 2.75) is 33.4 Å². The van der Waals surface area contributed by atoms with Crippen LogP contribution in [0.25, 0.3) is 0 Å². The summed E-state index contributed by atoms with van der Waals surface area (Å²) >= 11 is 0. The van der Waals surface area contributed by atoms with Crippen LogP contribution in [0.3, 0.4) is 0 Å². The summed E-state index contributed by atoms with van der Waals surface area (Å²) < 4.78 is 11.5. The summed E-state index contributed by atoms with van der Waals surface area (Å²) in [6.45, 7) is 5.65. The lowest BCUT2D eigenvalue weighted by Crippen LogP contribution is -2.15. The van der Waals surface area contributed by atoms with Gasteiger partial charge in [0.05, 0.1) is 12.3 Å². The topological polar surface area (TPSA) is 76.5 Å². The minimum atomic E-state index is 0.186. The summed E-state index contributed by atoms with van der Waals surface area (Å²) in [5, 5.41) is 13.2. The molecule has 0 bridgehead atoms. The summed E-state index contributed by atoms with van der Waals surface area (Å²) in [7, 11) is 0. The molecule has 1 aromatic carbocycles. The molecule has 3 rings (SSSR count). The molecule has 2 aromatic heterocycles. The Hall–Kier alpha value is -3.12. The van der Waals surface area contributed by atoms with Gasteiger partial charge in [-0.05, 0) is 55.8 Å². The molecular weight excluding hydrogens is 354 g/mol. The zero-order chi connectivity index (χ0) is 19.8. The fourth-order valence-corrected chi connectivity index (χ4v) is 2.63. The van der Waals surface area contributed by atoms with Gasteiger partial charge in [-0.1, -0.05) is 13.0 Å². The van der Waals surface area contributed by atoms with Gasteiger partial charge in [0, 0.05) is 30.5 Å². The standard InChI is InChI=1S/C22H25N3O3/c1-3-13-27-18-7-9-19(10-8-18)28-22-17(5-4-12-24-22)14-23-15-20-21(26)11-6-16(2)25-20/h4-12,23,26H,3,13-15H2,1-2H3. The van der Waals surface area contributed by atoms with Crippen LogP contribution in [0.1, 0.15) is 30.3 Å². The first kappa shape index (κ1) is 19.6. The fraction of sp³-hybridized carbons (Fsp3) is 0.273. The number of aromatic hydroxyl groups is 1. The fourth-order valence-electron chi connectivity index (χ4n) is 2.63. The van der Waals surface area contributed by atoms with E-state index in [0.717, 1.165) is 23.4 Å². The lowest BCUT2D eigenvalue weighted by molar-refractivity contribution is 0.317. The maximum atomic E-state index is 9.91. The summed E-state index contributed by atoms with van der Waals surface area (Å²) in [5.74, 6) is 2.24. The molecule has 28 heavy (non-hydrogen) atoms. The van der Waals surface area contributed by atoms with Crippen LogP contribution >= 0.6 is 0 Å². The van der Waals surface area contributed by atoms with Crippen molar-refractivity contribution in [2.75, 3.05) is 6.61 Å². The van der Waals surface area contributed by atoms with Crippen LogP contribution in [0.4, 0.5) is 0 Å². The molecule has 146 valence electrons. The minimum absolute atomic E-state index is 0.186. The molecule has 0 radical (unpaired) electrons. The molecule has 0 atom stereocenters. The first-order chi connectivity index (χ1) is 13.7. The summed E-state index contributed by atoms with van der Waals surface area (Å²) in [6.07, 6.45) is 2.67. The van der Waals surface area contributed by atoms with Crippen LogP contribution in [0.2, 0.25) is 0 Å². The van der Waals surface area contributed by atoms with Crippen molar-refractivity contribution in [3.05, 3.63) is 71.7 Å². The average molecular weight is 379 g/mol. The van der Waals surface area contributed by atoms with Crippen molar-refractivity contribution in [1.29, 1.82) is 0 Å². The number of nitrogens with one attached hydrogen (secondary N) is 1. The smallest absolute Gasteiger partial charge is 0.223 e. The van der Waals surface area contributed by atoms with Crippen LogP contribution in [0.5, 0.6) is 23.1 Å². The third kappa shape index (κ3) is 5.44. The van der Waals surface area contributed by atoms with Crippen LogP contribution < -0.4 is 14.8 Å². The highest BCUT2D eigenvalue weighted by Gasteiger charge is 2.08. The van der Waals surface area contributed by atoms with Gasteiger partial charge in [0.2, 0.25) is 5.88 Å². The monoisotopic (exact) mass is 379 g/mol. The molecule has 0 aliphatic rings. The SMILES string of the molecule is CCCOc1ccc(Oc2ncccc2CNCc2nc(C)ccc2O)cc1. The summed E-state index contributed by atoms with van der Waals surface area (Å²) in [5.41, 5.74) is 2.40. The number of benzene rings is 1. The lowest BCUT2D eigenvalue weighted by Gasteiger charge is -2.12. The third-order valence-electron chi connectivity index (χ3n) is 4.06. The van der Waals surface area contributed by atoms with E-state index < -0.39 is 0 Å². The number of aryl methyl sites for hydroxylation is 1. The van der Waals surface area contributed by atoms with Gasteiger partial charge < -0.3 is 19.9 Å². The summed E-state index contributed by atoms with van der Waals surface area (Å²) in [6, 6.07) is 14.8. The van der Waals surface area contributed by atoms with E-state index in [0.29, 0.717) is 37.0 Å². The second-order valence-corrected chi connectivity index (χ2v) is 6.41. The maximum absolute atomic E-state index is 9.91. The highest BCUT2D eigenvalue weighted by atomic mass is 16.5. The van der Waals surface area contributed by atoms with Gasteiger partial charge in [-0.15, -0.1) is 0 Å². The number of nitrogens with zero attached hydrogens (tertiary/aromatic N) is 2. The molecule has 0 saturated carbocycles. The van der Waals surface area contributed by atoms with E-state index in [1.807, 2.05) is 43.3 Å². The molecule has 0 unspecified atom stereocenters. The highest BCUT2D eigenvalue weighted by Crippen LogP contribution is 2.25. The predicted molar refractivity (Wildman–Crippen MR) is 108 cm³/mol. The van der Waals surface area contributed by atoms with Crippen LogP contribution in [-0.2, 0) is 13.1 Å². The van der Waals surface area contributed by atoms with E-state index in [1.54, 1.807) is 18.3 Å². The Morgan fingerprint density at radius 1 is 1.00 bits per heavy atom. The number of rotatable bonds is 9. The molecule has 0 fully saturated rings. The van der Waals surface area contributed by atoms with Crippen LogP contribution in [0, 0.1) is 6.92 Å². The van der Waals surface area contributed by atoms with E-state index in [4.69, 9.17) is 9.47 Å². The zero-order valence-corrected chi connectivity index (χ0v) is 16.2. The Morgan fingerprint density at radius 2 is 1.79 bits per heavy atom. The normalized spacial score (nSPS) is 10.6. The number of hydrogen-bond acceptors (Lipinski definition) is 6. The van der Waals surface area contributed by atoms with Gasteiger partial charge >= 0.3 is 0 Å². The number of hydrogen-bond donors (Lipinski definition) is 2. The maximum Gasteiger partial charge on any atom is 0.223 e. The number of ether oxygens (including phenoxy) is 2. The number of pyridine rings is 2. The predicted octanol–water partition coefficient (Wildman–Crippen LogP) is 4.36. The third-order valence-corrected chi connectivity index (χ3v) is 4.06. The Bertz CT molecular complexity index is 898. The van der Waals surface area contributed by atoms with Crippen molar-refractivity contribution < 1.29 is 14.6 Å². The first-order valence-electron chi connectivity index (χ1n) is 9.36. The van der Waals surface area contributed by atoms with Crippen molar-refractivity contribution in [1.82, 2.24) is 15.3 Å². The molecule has 0 aliphatic heterocycles. The first-order valence-corrected chi connectivity index (χ1v) is 9.36. The molecule has 3 aromatic rings.